The summed E-state index contributed by atoms with van der Waals surface area (Å²) >= 11 is 6.00. The number of fused-ring (bicyclic) bond motifs is 1. The Balaban J connectivity index is 1.37. The second kappa shape index (κ2) is 6.78. The van der Waals surface area contributed by atoms with Crippen molar-refractivity contribution in [1.29, 1.82) is 0 Å². The van der Waals surface area contributed by atoms with E-state index in [9.17, 15) is 15.0 Å². The Morgan fingerprint density at radius 3 is 2.52 bits per heavy atom. The number of benzene rings is 1. The molecule has 5 nitrogen and oxygen atoms in total. The zero-order valence-corrected chi connectivity index (χ0v) is 14.8. The number of hydrogen-bond acceptors (Lipinski definition) is 4. The van der Waals surface area contributed by atoms with E-state index in [0.29, 0.717) is 41.9 Å². The first-order valence-corrected chi connectivity index (χ1v) is 9.44. The van der Waals surface area contributed by atoms with E-state index in [4.69, 9.17) is 16.3 Å². The molecule has 2 saturated carbocycles. The first-order valence-electron chi connectivity index (χ1n) is 9.06. The van der Waals surface area contributed by atoms with Gasteiger partial charge in [-0.05, 0) is 55.7 Å². The van der Waals surface area contributed by atoms with Gasteiger partial charge in [-0.3, -0.25) is 4.79 Å². The minimum Gasteiger partial charge on any atom is -0.488 e. The molecule has 1 aromatic carbocycles. The van der Waals surface area contributed by atoms with Gasteiger partial charge in [0.15, 0.2) is 0 Å². The van der Waals surface area contributed by atoms with Crippen molar-refractivity contribution in [2.24, 2.45) is 17.8 Å². The minimum atomic E-state index is -0.527. The molecule has 2 aliphatic carbocycles. The van der Waals surface area contributed by atoms with Crippen LogP contribution < -0.4 is 4.74 Å². The molecule has 1 heterocycles. The quantitative estimate of drug-likeness (QED) is 0.860. The molecule has 1 aromatic rings. The number of aliphatic hydroxyl groups excluding tert-OH is 2. The van der Waals surface area contributed by atoms with Crippen LogP contribution in [-0.2, 0) is 4.79 Å². The van der Waals surface area contributed by atoms with Gasteiger partial charge in [-0.2, -0.15) is 0 Å². The molecular weight excluding hydrogens is 342 g/mol. The summed E-state index contributed by atoms with van der Waals surface area (Å²) in [5.74, 6) is 1.52. The van der Waals surface area contributed by atoms with Gasteiger partial charge in [0.1, 0.15) is 11.9 Å². The Hall–Kier alpha value is -1.30. The summed E-state index contributed by atoms with van der Waals surface area (Å²) in [6.45, 7) is 1.45. The van der Waals surface area contributed by atoms with Crippen LogP contribution in [0.4, 0.5) is 0 Å². The van der Waals surface area contributed by atoms with Gasteiger partial charge in [-0.25, -0.2) is 0 Å². The molecule has 4 atom stereocenters. The zero-order valence-electron chi connectivity index (χ0n) is 14.1. The molecular formula is C19H24ClNO4. The lowest BCUT2D eigenvalue weighted by molar-refractivity contribution is -0.141. The standard InChI is InChI=1S/C19H24ClNO4/c20-14-2-1-3-16(8-14)25-18-7-13-10-21(9-12(13)6-17(18)23)19(24)11-4-15(22)5-11/h1-3,8,11-13,15,17-18,22-23H,4-7,9-10H2/t11?,12-,13+,15?,17+,18+/m0/s1. The highest BCUT2D eigenvalue weighted by Crippen LogP contribution is 2.40. The Morgan fingerprint density at radius 2 is 1.84 bits per heavy atom. The monoisotopic (exact) mass is 365 g/mol. The first-order chi connectivity index (χ1) is 12.0. The lowest BCUT2D eigenvalue weighted by Gasteiger charge is -2.35. The van der Waals surface area contributed by atoms with Crippen LogP contribution in [0.5, 0.6) is 5.75 Å². The Bertz CT molecular complexity index is 648. The Kier molecular flexibility index (Phi) is 4.65. The van der Waals surface area contributed by atoms with Gasteiger partial charge < -0.3 is 19.8 Å². The number of carbonyl (C=O) groups excluding carboxylic acids is 1. The fraction of sp³-hybridized carbons (Fsp3) is 0.632. The molecule has 3 aliphatic rings. The largest absolute Gasteiger partial charge is 0.488 e. The summed E-state index contributed by atoms with van der Waals surface area (Å²) in [7, 11) is 0. The van der Waals surface area contributed by atoms with Crippen LogP contribution in [0, 0.1) is 17.8 Å². The summed E-state index contributed by atoms with van der Waals surface area (Å²) in [4.78, 5) is 14.4. The third-order valence-electron chi connectivity index (χ3n) is 5.94. The number of amides is 1. The van der Waals surface area contributed by atoms with Crippen molar-refractivity contribution in [1.82, 2.24) is 4.90 Å². The van der Waals surface area contributed by atoms with Gasteiger partial charge in [0, 0.05) is 24.0 Å². The predicted molar refractivity (Wildman–Crippen MR) is 93.4 cm³/mol. The highest BCUT2D eigenvalue weighted by molar-refractivity contribution is 6.30. The van der Waals surface area contributed by atoms with E-state index in [-0.39, 0.29) is 24.0 Å². The van der Waals surface area contributed by atoms with Gasteiger partial charge in [0.2, 0.25) is 5.91 Å². The maximum Gasteiger partial charge on any atom is 0.225 e. The van der Waals surface area contributed by atoms with Crippen molar-refractivity contribution in [2.45, 2.75) is 44.0 Å². The van der Waals surface area contributed by atoms with E-state index in [0.717, 1.165) is 19.5 Å². The third-order valence-corrected chi connectivity index (χ3v) is 6.18. The predicted octanol–water partition coefficient (Wildman–Crippen LogP) is 2.09. The molecule has 1 aliphatic heterocycles. The maximum absolute atomic E-state index is 12.5. The average molecular weight is 366 g/mol. The van der Waals surface area contributed by atoms with Crippen molar-refractivity contribution in [3.05, 3.63) is 29.3 Å². The fourth-order valence-electron chi connectivity index (χ4n) is 4.46. The highest BCUT2D eigenvalue weighted by atomic mass is 35.5. The molecule has 25 heavy (non-hydrogen) atoms. The number of carbonyl (C=O) groups is 1. The van der Waals surface area contributed by atoms with Gasteiger partial charge in [0.05, 0.1) is 12.2 Å². The molecule has 0 aromatic heterocycles. The number of halogens is 1. The van der Waals surface area contributed by atoms with E-state index in [1.807, 2.05) is 17.0 Å². The summed E-state index contributed by atoms with van der Waals surface area (Å²) in [5, 5.41) is 20.5. The minimum absolute atomic E-state index is 0.0152. The molecule has 4 rings (SSSR count). The van der Waals surface area contributed by atoms with Gasteiger partial charge >= 0.3 is 0 Å². The van der Waals surface area contributed by atoms with Crippen molar-refractivity contribution in [2.75, 3.05) is 13.1 Å². The van der Waals surface area contributed by atoms with Crippen molar-refractivity contribution in [3.8, 4) is 5.75 Å². The molecule has 0 spiro atoms. The van der Waals surface area contributed by atoms with Gasteiger partial charge in [-0.1, -0.05) is 17.7 Å². The molecule has 1 saturated heterocycles. The lowest BCUT2D eigenvalue weighted by Crippen LogP contribution is -2.43. The highest BCUT2D eigenvalue weighted by Gasteiger charge is 2.46. The third kappa shape index (κ3) is 3.50. The van der Waals surface area contributed by atoms with Crippen LogP contribution in [0.1, 0.15) is 25.7 Å². The maximum atomic E-state index is 12.5. The van der Waals surface area contributed by atoms with Gasteiger partial charge in [0.25, 0.3) is 0 Å². The molecule has 2 N–H and O–H groups in total. The fourth-order valence-corrected chi connectivity index (χ4v) is 4.64. The lowest BCUT2D eigenvalue weighted by atomic mass is 9.78. The smallest absolute Gasteiger partial charge is 0.225 e. The number of nitrogens with zero attached hydrogens (tertiary/aromatic N) is 1. The van der Waals surface area contributed by atoms with Crippen LogP contribution in [0.2, 0.25) is 5.02 Å². The average Bonchev–Trinajstić information content (AvgIpc) is 2.94. The number of aliphatic hydroxyl groups is 2. The van der Waals surface area contributed by atoms with E-state index >= 15 is 0 Å². The summed E-state index contributed by atoms with van der Waals surface area (Å²) < 4.78 is 5.98. The van der Waals surface area contributed by atoms with E-state index < -0.39 is 6.10 Å². The van der Waals surface area contributed by atoms with Crippen LogP contribution >= 0.6 is 11.6 Å². The molecule has 136 valence electrons. The number of hydrogen-bond donors (Lipinski definition) is 2. The topological polar surface area (TPSA) is 70.0 Å². The van der Waals surface area contributed by atoms with Crippen LogP contribution in [0.25, 0.3) is 0 Å². The molecule has 0 unspecified atom stereocenters. The summed E-state index contributed by atoms with van der Waals surface area (Å²) in [5.41, 5.74) is 0. The van der Waals surface area contributed by atoms with Crippen molar-refractivity contribution < 1.29 is 19.7 Å². The molecule has 0 bridgehead atoms. The Morgan fingerprint density at radius 1 is 1.12 bits per heavy atom. The number of ether oxygens (including phenoxy) is 1. The van der Waals surface area contributed by atoms with Crippen LogP contribution in [-0.4, -0.2) is 52.4 Å². The normalized spacial score (nSPS) is 37.3. The van der Waals surface area contributed by atoms with Crippen molar-refractivity contribution in [3.63, 3.8) is 0 Å². The molecule has 3 fully saturated rings. The van der Waals surface area contributed by atoms with Gasteiger partial charge in [-0.15, -0.1) is 0 Å². The van der Waals surface area contributed by atoms with Crippen LogP contribution in [0.15, 0.2) is 24.3 Å². The van der Waals surface area contributed by atoms with E-state index in [2.05, 4.69) is 0 Å². The second-order valence-electron chi connectivity index (χ2n) is 7.74. The first kappa shape index (κ1) is 17.1. The summed E-state index contributed by atoms with van der Waals surface area (Å²) in [6.07, 6.45) is 1.49. The van der Waals surface area contributed by atoms with Crippen LogP contribution in [0.3, 0.4) is 0 Å². The Labute approximate surface area is 152 Å². The zero-order chi connectivity index (χ0) is 17.6. The molecule has 0 radical (unpaired) electrons. The van der Waals surface area contributed by atoms with Crippen molar-refractivity contribution >= 4 is 17.5 Å². The van der Waals surface area contributed by atoms with E-state index in [1.54, 1.807) is 12.1 Å². The van der Waals surface area contributed by atoms with E-state index in [1.165, 1.54) is 0 Å². The number of likely N-dealkylation sites (tertiary alicyclic amines) is 1. The second-order valence-corrected chi connectivity index (χ2v) is 8.17. The molecule has 6 heteroatoms. The summed E-state index contributed by atoms with van der Waals surface area (Å²) in [6, 6.07) is 7.22. The number of rotatable bonds is 3. The molecule has 1 amide bonds. The SMILES string of the molecule is O=C(C1CC(O)C1)N1C[C@H]2C[C@@H](Oc3cccc(Cl)c3)[C@H](O)C[C@H]2C1.